The number of rotatable bonds is 4. The van der Waals surface area contributed by atoms with Crippen LogP contribution in [0.1, 0.15) is 9.67 Å². The van der Waals surface area contributed by atoms with Crippen LogP contribution >= 0.6 is 23.1 Å². The van der Waals surface area contributed by atoms with Crippen LogP contribution in [0.4, 0.5) is 20.2 Å². The Morgan fingerprint density at radius 3 is 2.68 bits per heavy atom. The third kappa shape index (κ3) is 3.45. The van der Waals surface area contributed by atoms with Gasteiger partial charge in [-0.05, 0) is 23.6 Å². The number of halogens is 2. The van der Waals surface area contributed by atoms with Gasteiger partial charge in [-0.15, -0.1) is 11.3 Å². The van der Waals surface area contributed by atoms with Crippen molar-refractivity contribution < 1.29 is 13.6 Å². The second kappa shape index (κ2) is 6.03. The SMILES string of the molecule is Nc1ccsc1C(=O)Nc1ccccc1SC(F)F. The molecule has 0 aliphatic carbocycles. The lowest BCUT2D eigenvalue weighted by molar-refractivity contribution is 0.103. The first-order chi connectivity index (χ1) is 9.08. The molecular formula is C12H10F2N2OS2. The Kier molecular flexibility index (Phi) is 4.39. The largest absolute Gasteiger partial charge is 0.397 e. The van der Waals surface area contributed by atoms with Crippen LogP contribution < -0.4 is 11.1 Å². The molecular weight excluding hydrogens is 290 g/mol. The number of amides is 1. The third-order valence-corrected chi connectivity index (χ3v) is 3.97. The number of benzene rings is 1. The Bertz CT molecular complexity index is 587. The molecule has 0 fully saturated rings. The van der Waals surface area contributed by atoms with E-state index < -0.39 is 11.7 Å². The van der Waals surface area contributed by atoms with Crippen molar-refractivity contribution in [1.82, 2.24) is 0 Å². The van der Waals surface area contributed by atoms with Crippen molar-refractivity contribution in [2.24, 2.45) is 0 Å². The van der Waals surface area contributed by atoms with Gasteiger partial charge < -0.3 is 11.1 Å². The molecule has 0 radical (unpaired) electrons. The molecule has 3 N–H and O–H groups in total. The number of anilines is 2. The first-order valence-corrected chi connectivity index (χ1v) is 7.02. The van der Waals surface area contributed by atoms with Gasteiger partial charge in [0.05, 0.1) is 11.4 Å². The predicted octanol–water partition coefficient (Wildman–Crippen LogP) is 3.90. The van der Waals surface area contributed by atoms with E-state index in [9.17, 15) is 13.6 Å². The normalized spacial score (nSPS) is 10.7. The zero-order valence-corrected chi connectivity index (χ0v) is 11.2. The number of para-hydroxylation sites is 1. The van der Waals surface area contributed by atoms with Crippen LogP contribution in [0.25, 0.3) is 0 Å². The van der Waals surface area contributed by atoms with E-state index in [-0.39, 0.29) is 0 Å². The first-order valence-electron chi connectivity index (χ1n) is 5.26. The highest BCUT2D eigenvalue weighted by molar-refractivity contribution is 7.99. The van der Waals surface area contributed by atoms with Gasteiger partial charge in [-0.3, -0.25) is 4.79 Å². The highest BCUT2D eigenvalue weighted by atomic mass is 32.2. The summed E-state index contributed by atoms with van der Waals surface area (Å²) >= 11 is 1.60. The van der Waals surface area contributed by atoms with Crippen LogP contribution in [0, 0.1) is 0 Å². The van der Waals surface area contributed by atoms with Gasteiger partial charge >= 0.3 is 0 Å². The summed E-state index contributed by atoms with van der Waals surface area (Å²) in [5, 5.41) is 4.29. The molecule has 7 heteroatoms. The predicted molar refractivity (Wildman–Crippen MR) is 75.0 cm³/mol. The summed E-state index contributed by atoms with van der Waals surface area (Å²) in [5.41, 5.74) is 6.37. The monoisotopic (exact) mass is 300 g/mol. The highest BCUT2D eigenvalue weighted by Gasteiger charge is 2.15. The minimum atomic E-state index is -2.54. The molecule has 2 rings (SSSR count). The standard InChI is InChI=1S/C12H10F2N2OS2/c13-12(14)19-9-4-2-1-3-8(9)16-11(17)10-7(15)5-6-18-10/h1-6,12H,15H2,(H,16,17). The van der Waals surface area contributed by atoms with E-state index in [1.165, 1.54) is 17.4 Å². The number of alkyl halides is 2. The lowest BCUT2D eigenvalue weighted by Crippen LogP contribution is -2.12. The number of hydrogen-bond donors (Lipinski definition) is 2. The molecule has 0 atom stereocenters. The molecule has 3 nitrogen and oxygen atoms in total. The molecule has 2 aromatic rings. The first kappa shape index (κ1) is 13.8. The molecule has 0 saturated carbocycles. The van der Waals surface area contributed by atoms with Crippen LogP contribution in [0.2, 0.25) is 0 Å². The van der Waals surface area contributed by atoms with Crippen LogP contribution in [0.15, 0.2) is 40.6 Å². The number of thiophene rings is 1. The fourth-order valence-corrected chi connectivity index (χ4v) is 2.76. The van der Waals surface area contributed by atoms with E-state index in [1.807, 2.05) is 0 Å². The summed E-state index contributed by atoms with van der Waals surface area (Å²) in [6.07, 6.45) is 0. The van der Waals surface area contributed by atoms with Crippen LogP contribution in [0.5, 0.6) is 0 Å². The summed E-state index contributed by atoms with van der Waals surface area (Å²) in [6, 6.07) is 8.04. The Balaban J connectivity index is 2.19. The molecule has 1 amide bonds. The fourth-order valence-electron chi connectivity index (χ4n) is 1.45. The van der Waals surface area contributed by atoms with Crippen molar-refractivity contribution in [1.29, 1.82) is 0 Å². The second-order valence-electron chi connectivity index (χ2n) is 3.53. The summed E-state index contributed by atoms with van der Waals surface area (Å²) in [4.78, 5) is 12.6. The number of nitrogens with two attached hydrogens (primary N) is 1. The molecule has 0 aliphatic rings. The summed E-state index contributed by atoms with van der Waals surface area (Å²) in [5.74, 6) is -2.93. The van der Waals surface area contributed by atoms with Crippen LogP contribution in [0.3, 0.4) is 0 Å². The Morgan fingerprint density at radius 2 is 2.05 bits per heavy atom. The summed E-state index contributed by atoms with van der Waals surface area (Å²) < 4.78 is 24.8. The van der Waals surface area contributed by atoms with Crippen molar-refractivity contribution in [2.45, 2.75) is 10.7 Å². The summed E-state index contributed by atoms with van der Waals surface area (Å²) in [7, 11) is 0. The van der Waals surface area contributed by atoms with Crippen molar-refractivity contribution >= 4 is 40.4 Å². The number of hydrogen-bond acceptors (Lipinski definition) is 4. The molecule has 0 unspecified atom stereocenters. The molecule has 0 bridgehead atoms. The topological polar surface area (TPSA) is 55.1 Å². The van der Waals surface area contributed by atoms with E-state index >= 15 is 0 Å². The maximum absolute atomic E-state index is 12.4. The zero-order valence-electron chi connectivity index (χ0n) is 9.60. The number of carbonyl (C=O) groups excluding carboxylic acids is 1. The van der Waals surface area contributed by atoms with E-state index in [0.29, 0.717) is 32.9 Å². The minimum absolute atomic E-state index is 0.320. The molecule has 19 heavy (non-hydrogen) atoms. The molecule has 1 heterocycles. The molecule has 0 spiro atoms. The van der Waals surface area contributed by atoms with E-state index in [1.54, 1.807) is 29.6 Å². The Morgan fingerprint density at radius 1 is 1.32 bits per heavy atom. The van der Waals surface area contributed by atoms with Crippen molar-refractivity contribution in [3.63, 3.8) is 0 Å². The molecule has 1 aromatic carbocycles. The van der Waals surface area contributed by atoms with E-state index in [2.05, 4.69) is 5.32 Å². The van der Waals surface area contributed by atoms with E-state index in [4.69, 9.17) is 5.73 Å². The zero-order chi connectivity index (χ0) is 13.8. The number of thioether (sulfide) groups is 1. The summed E-state index contributed by atoms with van der Waals surface area (Å²) in [6.45, 7) is 0. The van der Waals surface area contributed by atoms with Gasteiger partial charge in [0.15, 0.2) is 0 Å². The van der Waals surface area contributed by atoms with Crippen LogP contribution in [-0.4, -0.2) is 11.7 Å². The third-order valence-electron chi connectivity index (χ3n) is 2.25. The second-order valence-corrected chi connectivity index (χ2v) is 5.48. The van der Waals surface area contributed by atoms with Gasteiger partial charge in [0, 0.05) is 4.90 Å². The number of carbonyl (C=O) groups is 1. The quantitative estimate of drug-likeness (QED) is 0.842. The number of nitrogens with one attached hydrogen (secondary N) is 1. The average molecular weight is 300 g/mol. The maximum atomic E-state index is 12.4. The molecule has 100 valence electrons. The number of nitrogen functional groups attached to an aromatic ring is 1. The lowest BCUT2D eigenvalue weighted by atomic mass is 10.3. The van der Waals surface area contributed by atoms with Crippen molar-refractivity contribution in [2.75, 3.05) is 11.1 Å². The molecule has 0 aliphatic heterocycles. The molecule has 1 aromatic heterocycles. The van der Waals surface area contributed by atoms with Crippen molar-refractivity contribution in [3.8, 4) is 0 Å². The van der Waals surface area contributed by atoms with Gasteiger partial charge in [0.1, 0.15) is 4.88 Å². The molecule has 0 saturated heterocycles. The smallest absolute Gasteiger partial charge is 0.288 e. The maximum Gasteiger partial charge on any atom is 0.288 e. The fraction of sp³-hybridized carbons (Fsp3) is 0.0833. The van der Waals surface area contributed by atoms with Gasteiger partial charge in [0.25, 0.3) is 11.7 Å². The Labute approximate surface area is 116 Å². The van der Waals surface area contributed by atoms with Gasteiger partial charge in [0.2, 0.25) is 0 Å². The van der Waals surface area contributed by atoms with Gasteiger partial charge in [-0.2, -0.15) is 8.78 Å². The van der Waals surface area contributed by atoms with Gasteiger partial charge in [-0.1, -0.05) is 23.9 Å². The van der Waals surface area contributed by atoms with Crippen molar-refractivity contribution in [3.05, 3.63) is 40.6 Å². The average Bonchev–Trinajstić information content (AvgIpc) is 2.77. The van der Waals surface area contributed by atoms with Gasteiger partial charge in [-0.25, -0.2) is 0 Å². The van der Waals surface area contributed by atoms with E-state index in [0.717, 1.165) is 0 Å². The lowest BCUT2D eigenvalue weighted by Gasteiger charge is -2.09. The highest BCUT2D eigenvalue weighted by Crippen LogP contribution is 2.32. The Hall–Kier alpha value is -1.60. The van der Waals surface area contributed by atoms with Crippen LogP contribution in [-0.2, 0) is 0 Å². The minimum Gasteiger partial charge on any atom is -0.397 e.